The summed E-state index contributed by atoms with van der Waals surface area (Å²) in [4.78, 5) is 14.9. The van der Waals surface area contributed by atoms with Gasteiger partial charge in [-0.1, -0.05) is 30.3 Å². The molecule has 0 spiro atoms. The van der Waals surface area contributed by atoms with E-state index < -0.39 is 6.09 Å². The van der Waals surface area contributed by atoms with Gasteiger partial charge in [0.1, 0.15) is 0 Å². The molecule has 0 aromatic heterocycles. The van der Waals surface area contributed by atoms with Gasteiger partial charge in [0.2, 0.25) is 0 Å². The summed E-state index contributed by atoms with van der Waals surface area (Å²) in [5.74, 6) is 0. The zero-order valence-corrected chi connectivity index (χ0v) is 10.9. The average molecular weight is 248 g/mol. The monoisotopic (exact) mass is 248 g/mol. The van der Waals surface area contributed by atoms with Crippen LogP contribution in [0.4, 0.5) is 4.79 Å². The lowest BCUT2D eigenvalue weighted by molar-refractivity contribution is 0.0350. The highest BCUT2D eigenvalue weighted by molar-refractivity contribution is 5.65. The summed E-state index contributed by atoms with van der Waals surface area (Å²) in [6.45, 7) is 6.25. The van der Waals surface area contributed by atoms with Crippen molar-refractivity contribution in [2.45, 2.75) is 32.5 Å². The van der Waals surface area contributed by atoms with Gasteiger partial charge in [-0.3, -0.25) is 4.90 Å². The first-order valence-corrected chi connectivity index (χ1v) is 6.35. The largest absolute Gasteiger partial charge is 0.465 e. The lowest BCUT2D eigenvalue weighted by Gasteiger charge is -2.43. The molecule has 1 aromatic carbocycles. The Balaban J connectivity index is 2.04. The predicted octanol–water partition coefficient (Wildman–Crippen LogP) is 2.26. The van der Waals surface area contributed by atoms with Crippen LogP contribution in [0.25, 0.3) is 0 Å². The molecule has 4 nitrogen and oxygen atoms in total. The Kier molecular flexibility index (Phi) is 3.87. The number of piperazine rings is 1. The molecule has 2 rings (SSSR count). The van der Waals surface area contributed by atoms with E-state index in [-0.39, 0.29) is 12.1 Å². The molecule has 2 atom stereocenters. The van der Waals surface area contributed by atoms with E-state index in [0.717, 1.165) is 6.54 Å². The fraction of sp³-hybridized carbons (Fsp3) is 0.500. The van der Waals surface area contributed by atoms with E-state index in [2.05, 4.69) is 30.9 Å². The fourth-order valence-electron chi connectivity index (χ4n) is 2.62. The highest BCUT2D eigenvalue weighted by Gasteiger charge is 2.31. The Morgan fingerprint density at radius 1 is 1.22 bits per heavy atom. The summed E-state index contributed by atoms with van der Waals surface area (Å²) in [5.41, 5.74) is 1.28. The van der Waals surface area contributed by atoms with E-state index in [4.69, 9.17) is 5.11 Å². The molecule has 4 heteroatoms. The number of amides is 1. The van der Waals surface area contributed by atoms with E-state index in [9.17, 15) is 4.79 Å². The van der Waals surface area contributed by atoms with E-state index in [1.165, 1.54) is 10.5 Å². The normalized spacial score (nSPS) is 25.1. The highest BCUT2D eigenvalue weighted by Crippen LogP contribution is 2.18. The van der Waals surface area contributed by atoms with Crippen molar-refractivity contribution >= 4 is 6.09 Å². The minimum absolute atomic E-state index is 0.255. The van der Waals surface area contributed by atoms with Crippen LogP contribution in [0.2, 0.25) is 0 Å². The molecule has 1 aromatic rings. The third-order valence-electron chi connectivity index (χ3n) is 3.58. The van der Waals surface area contributed by atoms with Crippen molar-refractivity contribution in [1.82, 2.24) is 9.80 Å². The lowest BCUT2D eigenvalue weighted by Crippen LogP contribution is -2.57. The molecule has 18 heavy (non-hydrogen) atoms. The SMILES string of the molecule is CC1CN(C(=O)O)CC(C)N1Cc1ccccc1. The summed E-state index contributed by atoms with van der Waals surface area (Å²) >= 11 is 0. The van der Waals surface area contributed by atoms with E-state index in [0.29, 0.717) is 13.1 Å². The first-order chi connectivity index (χ1) is 8.58. The molecule has 0 aliphatic carbocycles. The molecule has 1 aliphatic rings. The van der Waals surface area contributed by atoms with Gasteiger partial charge >= 0.3 is 6.09 Å². The summed E-state index contributed by atoms with van der Waals surface area (Å²) in [6, 6.07) is 10.8. The third-order valence-corrected chi connectivity index (χ3v) is 3.58. The average Bonchev–Trinajstić information content (AvgIpc) is 2.34. The fourth-order valence-corrected chi connectivity index (χ4v) is 2.62. The van der Waals surface area contributed by atoms with Crippen LogP contribution in [-0.4, -0.2) is 46.2 Å². The Labute approximate surface area is 108 Å². The topological polar surface area (TPSA) is 43.8 Å². The maximum atomic E-state index is 11.0. The Hall–Kier alpha value is -1.55. The van der Waals surface area contributed by atoms with E-state index >= 15 is 0 Å². The lowest BCUT2D eigenvalue weighted by atomic mass is 10.1. The number of carbonyl (C=O) groups is 1. The van der Waals surface area contributed by atoms with Gasteiger partial charge < -0.3 is 10.0 Å². The smallest absolute Gasteiger partial charge is 0.407 e. The molecule has 98 valence electrons. The van der Waals surface area contributed by atoms with Crippen molar-refractivity contribution in [3.63, 3.8) is 0 Å². The predicted molar refractivity (Wildman–Crippen MR) is 70.5 cm³/mol. The van der Waals surface area contributed by atoms with Crippen LogP contribution >= 0.6 is 0 Å². The first kappa shape index (κ1) is 12.9. The maximum Gasteiger partial charge on any atom is 0.407 e. The number of benzene rings is 1. The minimum atomic E-state index is -0.812. The van der Waals surface area contributed by atoms with Gasteiger partial charge in [0.25, 0.3) is 0 Å². The van der Waals surface area contributed by atoms with E-state index in [1.807, 2.05) is 18.2 Å². The molecule has 0 saturated carbocycles. The molecule has 1 amide bonds. The Bertz CT molecular complexity index is 396. The van der Waals surface area contributed by atoms with Gasteiger partial charge in [-0.05, 0) is 19.4 Å². The second kappa shape index (κ2) is 5.40. The summed E-state index contributed by atoms with van der Waals surface area (Å²) in [5, 5.41) is 9.06. The number of rotatable bonds is 2. The Morgan fingerprint density at radius 3 is 2.28 bits per heavy atom. The van der Waals surface area contributed by atoms with E-state index in [1.54, 1.807) is 0 Å². The number of hydrogen-bond acceptors (Lipinski definition) is 2. The van der Waals surface area contributed by atoms with Crippen LogP contribution in [0.15, 0.2) is 30.3 Å². The van der Waals surface area contributed by atoms with Gasteiger partial charge in [0.15, 0.2) is 0 Å². The second-order valence-corrected chi connectivity index (χ2v) is 5.04. The van der Waals surface area contributed by atoms with Gasteiger partial charge in [-0.15, -0.1) is 0 Å². The quantitative estimate of drug-likeness (QED) is 0.873. The zero-order chi connectivity index (χ0) is 13.1. The van der Waals surface area contributed by atoms with Crippen molar-refractivity contribution in [1.29, 1.82) is 0 Å². The second-order valence-electron chi connectivity index (χ2n) is 5.04. The van der Waals surface area contributed by atoms with Gasteiger partial charge in [-0.25, -0.2) is 4.79 Å². The zero-order valence-electron chi connectivity index (χ0n) is 10.9. The molecule has 2 unspecified atom stereocenters. The van der Waals surface area contributed by atoms with Crippen molar-refractivity contribution in [3.8, 4) is 0 Å². The van der Waals surface area contributed by atoms with Crippen LogP contribution in [0.3, 0.4) is 0 Å². The molecule has 0 radical (unpaired) electrons. The van der Waals surface area contributed by atoms with Crippen LogP contribution in [-0.2, 0) is 6.54 Å². The number of nitrogens with zero attached hydrogens (tertiary/aromatic N) is 2. The summed E-state index contributed by atoms with van der Waals surface area (Å²) in [7, 11) is 0. The molecule has 1 saturated heterocycles. The minimum Gasteiger partial charge on any atom is -0.465 e. The van der Waals surface area contributed by atoms with Crippen LogP contribution < -0.4 is 0 Å². The molecule has 1 N–H and O–H groups in total. The molecule has 1 aliphatic heterocycles. The number of carboxylic acid groups (broad SMARTS) is 1. The van der Waals surface area contributed by atoms with Gasteiger partial charge in [0.05, 0.1) is 0 Å². The van der Waals surface area contributed by atoms with Crippen molar-refractivity contribution in [2.24, 2.45) is 0 Å². The standard InChI is InChI=1S/C14H20N2O2/c1-11-8-15(14(17)18)9-12(2)16(11)10-13-6-4-3-5-7-13/h3-7,11-12H,8-10H2,1-2H3,(H,17,18). The van der Waals surface area contributed by atoms with Crippen LogP contribution in [0.5, 0.6) is 0 Å². The van der Waals surface area contributed by atoms with Gasteiger partial charge in [-0.2, -0.15) is 0 Å². The number of hydrogen-bond donors (Lipinski definition) is 1. The molecule has 0 bridgehead atoms. The maximum absolute atomic E-state index is 11.0. The van der Waals surface area contributed by atoms with Crippen LogP contribution in [0, 0.1) is 0 Å². The highest BCUT2D eigenvalue weighted by atomic mass is 16.4. The molecule has 1 fully saturated rings. The van der Waals surface area contributed by atoms with Crippen molar-refractivity contribution in [3.05, 3.63) is 35.9 Å². The summed E-state index contributed by atoms with van der Waals surface area (Å²) in [6.07, 6.45) is -0.812. The Morgan fingerprint density at radius 2 is 1.78 bits per heavy atom. The summed E-state index contributed by atoms with van der Waals surface area (Å²) < 4.78 is 0. The molecular formula is C14H20N2O2. The molecular weight excluding hydrogens is 228 g/mol. The van der Waals surface area contributed by atoms with Crippen molar-refractivity contribution in [2.75, 3.05) is 13.1 Å². The van der Waals surface area contributed by atoms with Crippen molar-refractivity contribution < 1.29 is 9.90 Å². The van der Waals surface area contributed by atoms with Crippen LogP contribution in [0.1, 0.15) is 19.4 Å². The first-order valence-electron chi connectivity index (χ1n) is 6.35. The third kappa shape index (κ3) is 2.82. The molecule has 1 heterocycles. The van der Waals surface area contributed by atoms with Gasteiger partial charge in [0, 0.05) is 31.7 Å².